The first-order valence-corrected chi connectivity index (χ1v) is 9.98. The molecule has 0 saturated carbocycles. The molecule has 4 rings (SSSR count). The van der Waals surface area contributed by atoms with E-state index in [1.54, 1.807) is 30.3 Å². The molecule has 0 radical (unpaired) electrons. The molecule has 0 aromatic heterocycles. The molecule has 0 bridgehead atoms. The van der Waals surface area contributed by atoms with Crippen LogP contribution < -0.4 is 4.90 Å². The Morgan fingerprint density at radius 1 is 0.903 bits per heavy atom. The number of halogens is 1. The van der Waals surface area contributed by atoms with Gasteiger partial charge < -0.3 is 5.11 Å². The fourth-order valence-electron chi connectivity index (χ4n) is 3.88. The minimum Gasteiger partial charge on any atom is -0.507 e. The van der Waals surface area contributed by atoms with Crippen molar-refractivity contribution in [2.24, 2.45) is 0 Å². The average Bonchev–Trinajstić information content (AvgIpc) is 3.01. The Morgan fingerprint density at radius 3 is 2.26 bits per heavy atom. The first kappa shape index (κ1) is 20.5. The number of aliphatic hydroxyl groups excluding tert-OH is 1. The van der Waals surface area contributed by atoms with E-state index in [4.69, 9.17) is 0 Å². The van der Waals surface area contributed by atoms with Gasteiger partial charge in [-0.15, -0.1) is 0 Å². The lowest BCUT2D eigenvalue weighted by Crippen LogP contribution is -2.29. The quantitative estimate of drug-likeness (QED) is 0.355. The van der Waals surface area contributed by atoms with E-state index in [1.165, 1.54) is 29.2 Å². The fourth-order valence-corrected chi connectivity index (χ4v) is 3.88. The van der Waals surface area contributed by atoms with Crippen LogP contribution in [0, 0.1) is 26.6 Å². The van der Waals surface area contributed by atoms with E-state index < -0.39 is 23.5 Å². The molecule has 5 heteroatoms. The molecule has 3 aromatic rings. The standard InChI is InChI=1S/C26H22FNO3/c1-15-5-4-6-21(13-15)28-23(18-9-11-20(27)12-10-18)22(25(30)26(28)31)24(29)19-8-7-16(2)17(3)14-19/h4-14,23,29H,1-3H3/b24-22-. The highest BCUT2D eigenvalue weighted by Crippen LogP contribution is 2.42. The van der Waals surface area contributed by atoms with Gasteiger partial charge in [-0.1, -0.05) is 36.4 Å². The lowest BCUT2D eigenvalue weighted by atomic mass is 9.94. The summed E-state index contributed by atoms with van der Waals surface area (Å²) in [5, 5.41) is 11.1. The molecule has 1 heterocycles. The first-order valence-electron chi connectivity index (χ1n) is 9.98. The van der Waals surface area contributed by atoms with Gasteiger partial charge in [0.05, 0.1) is 11.6 Å². The summed E-state index contributed by atoms with van der Waals surface area (Å²) in [6.45, 7) is 5.76. The predicted octanol–water partition coefficient (Wildman–Crippen LogP) is 5.38. The minimum absolute atomic E-state index is 0.0126. The zero-order valence-corrected chi connectivity index (χ0v) is 17.5. The summed E-state index contributed by atoms with van der Waals surface area (Å²) >= 11 is 0. The van der Waals surface area contributed by atoms with Crippen LogP contribution in [0.2, 0.25) is 0 Å². The zero-order valence-electron chi connectivity index (χ0n) is 17.5. The smallest absolute Gasteiger partial charge is 0.300 e. The highest BCUT2D eigenvalue weighted by atomic mass is 19.1. The third-order valence-corrected chi connectivity index (χ3v) is 5.69. The van der Waals surface area contributed by atoms with Crippen LogP contribution in [0.4, 0.5) is 10.1 Å². The summed E-state index contributed by atoms with van der Waals surface area (Å²) in [4.78, 5) is 27.6. The van der Waals surface area contributed by atoms with Gasteiger partial charge in [0.1, 0.15) is 11.6 Å². The molecule has 0 spiro atoms. The fraction of sp³-hybridized carbons (Fsp3) is 0.154. The third kappa shape index (κ3) is 3.63. The second kappa shape index (κ2) is 7.84. The number of carbonyl (C=O) groups is 2. The van der Waals surface area contributed by atoms with Crippen molar-refractivity contribution in [1.29, 1.82) is 0 Å². The van der Waals surface area contributed by atoms with E-state index in [2.05, 4.69) is 0 Å². The van der Waals surface area contributed by atoms with Crippen molar-refractivity contribution < 1.29 is 19.1 Å². The molecule has 4 nitrogen and oxygen atoms in total. The number of nitrogens with zero attached hydrogens (tertiary/aromatic N) is 1. The van der Waals surface area contributed by atoms with Gasteiger partial charge in [0.25, 0.3) is 11.7 Å². The van der Waals surface area contributed by atoms with Crippen molar-refractivity contribution in [2.45, 2.75) is 26.8 Å². The third-order valence-electron chi connectivity index (χ3n) is 5.69. The molecule has 1 aliphatic heterocycles. The van der Waals surface area contributed by atoms with Crippen molar-refractivity contribution in [3.05, 3.63) is 106 Å². The van der Waals surface area contributed by atoms with E-state index in [0.29, 0.717) is 16.8 Å². The van der Waals surface area contributed by atoms with E-state index in [9.17, 15) is 19.1 Å². The lowest BCUT2D eigenvalue weighted by Gasteiger charge is -2.25. The largest absolute Gasteiger partial charge is 0.507 e. The molecular weight excluding hydrogens is 393 g/mol. The second-order valence-electron chi connectivity index (χ2n) is 7.86. The molecule has 1 aliphatic rings. The van der Waals surface area contributed by atoms with Crippen molar-refractivity contribution in [3.8, 4) is 0 Å². The highest BCUT2D eigenvalue weighted by molar-refractivity contribution is 6.51. The summed E-state index contributed by atoms with van der Waals surface area (Å²) in [5.41, 5.74) is 4.44. The zero-order chi connectivity index (χ0) is 22.3. The molecule has 31 heavy (non-hydrogen) atoms. The van der Waals surface area contributed by atoms with E-state index >= 15 is 0 Å². The van der Waals surface area contributed by atoms with E-state index in [0.717, 1.165) is 16.7 Å². The normalized spacial score (nSPS) is 17.9. The number of hydrogen-bond acceptors (Lipinski definition) is 3. The molecule has 3 aromatic carbocycles. The summed E-state index contributed by atoms with van der Waals surface area (Å²) in [6.07, 6.45) is 0. The van der Waals surface area contributed by atoms with Crippen LogP contribution in [0.25, 0.3) is 5.76 Å². The minimum atomic E-state index is -0.871. The Hall–Kier alpha value is -3.73. The van der Waals surface area contributed by atoms with Gasteiger partial charge in [0.2, 0.25) is 0 Å². The highest BCUT2D eigenvalue weighted by Gasteiger charge is 2.47. The molecule has 156 valence electrons. The van der Waals surface area contributed by atoms with Gasteiger partial charge in [0, 0.05) is 11.3 Å². The van der Waals surface area contributed by atoms with Crippen LogP contribution in [0.15, 0.2) is 72.3 Å². The number of aryl methyl sites for hydroxylation is 3. The van der Waals surface area contributed by atoms with Crippen molar-refractivity contribution >= 4 is 23.1 Å². The molecule has 0 aliphatic carbocycles. The number of hydrogen-bond donors (Lipinski definition) is 1. The molecule has 1 unspecified atom stereocenters. The van der Waals surface area contributed by atoms with E-state index in [1.807, 2.05) is 32.9 Å². The van der Waals surface area contributed by atoms with Gasteiger partial charge in [0.15, 0.2) is 0 Å². The summed E-state index contributed by atoms with van der Waals surface area (Å²) in [5.74, 6) is -2.17. The maximum Gasteiger partial charge on any atom is 0.300 e. The number of ketones is 1. The van der Waals surface area contributed by atoms with Crippen LogP contribution in [0.1, 0.15) is 33.9 Å². The molecular formula is C26H22FNO3. The van der Waals surface area contributed by atoms with Gasteiger partial charge in [-0.3, -0.25) is 14.5 Å². The number of amides is 1. The second-order valence-corrected chi connectivity index (χ2v) is 7.86. The Balaban J connectivity index is 1.96. The number of aliphatic hydroxyl groups is 1. The van der Waals surface area contributed by atoms with Gasteiger partial charge in [-0.25, -0.2) is 4.39 Å². The van der Waals surface area contributed by atoms with Gasteiger partial charge >= 0.3 is 0 Å². The SMILES string of the molecule is Cc1cccc(N2C(=O)C(=O)/C(=C(\O)c3ccc(C)c(C)c3)C2c2ccc(F)cc2)c1. The topological polar surface area (TPSA) is 57.6 Å². The van der Waals surface area contributed by atoms with Crippen LogP contribution in [0.3, 0.4) is 0 Å². The Labute approximate surface area is 180 Å². The van der Waals surface area contributed by atoms with Gasteiger partial charge in [-0.2, -0.15) is 0 Å². The predicted molar refractivity (Wildman–Crippen MR) is 118 cm³/mol. The number of rotatable bonds is 3. The van der Waals surface area contributed by atoms with Crippen molar-refractivity contribution in [3.63, 3.8) is 0 Å². The number of Topliss-reactive ketones (excluding diaryl/α,β-unsaturated/α-hetero) is 1. The maximum atomic E-state index is 13.6. The molecule has 1 atom stereocenters. The van der Waals surface area contributed by atoms with Crippen LogP contribution in [0.5, 0.6) is 0 Å². The summed E-state index contributed by atoms with van der Waals surface area (Å²) in [6, 6.07) is 17.3. The maximum absolute atomic E-state index is 13.6. The summed E-state index contributed by atoms with van der Waals surface area (Å²) < 4.78 is 13.6. The average molecular weight is 415 g/mol. The molecule has 1 saturated heterocycles. The van der Waals surface area contributed by atoms with Crippen LogP contribution >= 0.6 is 0 Å². The van der Waals surface area contributed by atoms with Gasteiger partial charge in [-0.05, 0) is 73.4 Å². The van der Waals surface area contributed by atoms with Crippen LogP contribution in [-0.4, -0.2) is 16.8 Å². The Morgan fingerprint density at radius 2 is 1.61 bits per heavy atom. The van der Waals surface area contributed by atoms with Crippen LogP contribution in [-0.2, 0) is 9.59 Å². The Kier molecular flexibility index (Phi) is 5.19. The number of anilines is 1. The first-order chi connectivity index (χ1) is 14.8. The monoisotopic (exact) mass is 415 g/mol. The molecule has 1 amide bonds. The van der Waals surface area contributed by atoms with Crippen molar-refractivity contribution in [2.75, 3.05) is 4.90 Å². The molecule has 1 fully saturated rings. The molecule has 1 N–H and O–H groups in total. The summed E-state index contributed by atoms with van der Waals surface area (Å²) in [7, 11) is 0. The van der Waals surface area contributed by atoms with E-state index in [-0.39, 0.29) is 11.3 Å². The number of carbonyl (C=O) groups excluding carboxylic acids is 2. The number of benzene rings is 3. The van der Waals surface area contributed by atoms with Crippen molar-refractivity contribution in [1.82, 2.24) is 0 Å². The Bertz CT molecular complexity index is 1230. The lowest BCUT2D eigenvalue weighted by molar-refractivity contribution is -0.132.